The van der Waals surface area contributed by atoms with Gasteiger partial charge in [-0.05, 0) is 19.9 Å². The molecular formula is C10H20N2O2S. The summed E-state index contributed by atoms with van der Waals surface area (Å²) >= 11 is 4.16. The summed E-state index contributed by atoms with van der Waals surface area (Å²) in [6.07, 6.45) is 0.978. The van der Waals surface area contributed by atoms with Crippen molar-refractivity contribution < 1.29 is 9.90 Å². The van der Waals surface area contributed by atoms with Crippen molar-refractivity contribution in [1.29, 1.82) is 0 Å². The highest BCUT2D eigenvalue weighted by Crippen LogP contribution is 2.07. The standard InChI is InChI=1S/C10H20N2O2S/c1-9(15)10(14)12-4-2-3-11(5-6-12)7-8-13/h9,13,15H,2-8H2,1H3. The Morgan fingerprint density at radius 1 is 1.40 bits per heavy atom. The molecule has 0 saturated carbocycles. The monoisotopic (exact) mass is 232 g/mol. The third-order valence-corrected chi connectivity index (χ3v) is 2.89. The van der Waals surface area contributed by atoms with Gasteiger partial charge in [0.05, 0.1) is 11.9 Å². The van der Waals surface area contributed by atoms with Crippen LogP contribution in [-0.4, -0.2) is 65.4 Å². The Morgan fingerprint density at radius 2 is 2.13 bits per heavy atom. The van der Waals surface area contributed by atoms with Gasteiger partial charge in [-0.3, -0.25) is 9.69 Å². The lowest BCUT2D eigenvalue weighted by molar-refractivity contribution is -0.130. The summed E-state index contributed by atoms with van der Waals surface area (Å²) < 4.78 is 0. The molecule has 15 heavy (non-hydrogen) atoms. The van der Waals surface area contributed by atoms with Gasteiger partial charge in [0.25, 0.3) is 0 Å². The lowest BCUT2D eigenvalue weighted by atomic mass is 10.3. The number of rotatable bonds is 3. The maximum atomic E-state index is 11.7. The first-order chi connectivity index (χ1) is 7.15. The van der Waals surface area contributed by atoms with Crippen molar-refractivity contribution in [3.05, 3.63) is 0 Å². The Morgan fingerprint density at radius 3 is 2.73 bits per heavy atom. The van der Waals surface area contributed by atoms with Crippen LogP contribution in [0.2, 0.25) is 0 Å². The second-order valence-corrected chi connectivity index (χ2v) is 4.69. The summed E-state index contributed by atoms with van der Waals surface area (Å²) in [5.41, 5.74) is 0. The normalized spacial score (nSPS) is 21.1. The number of hydrogen-bond donors (Lipinski definition) is 2. The van der Waals surface area contributed by atoms with Crippen LogP contribution in [0.15, 0.2) is 0 Å². The van der Waals surface area contributed by atoms with E-state index in [1.807, 2.05) is 11.8 Å². The van der Waals surface area contributed by atoms with Crippen molar-refractivity contribution in [2.24, 2.45) is 0 Å². The summed E-state index contributed by atoms with van der Waals surface area (Å²) in [6.45, 7) is 6.09. The van der Waals surface area contributed by atoms with E-state index >= 15 is 0 Å². The first kappa shape index (κ1) is 12.8. The summed E-state index contributed by atoms with van der Waals surface area (Å²) in [5, 5.41) is 8.63. The molecule has 1 amide bonds. The highest BCUT2D eigenvalue weighted by atomic mass is 32.1. The van der Waals surface area contributed by atoms with Crippen LogP contribution < -0.4 is 0 Å². The number of thiol groups is 1. The number of carbonyl (C=O) groups is 1. The Kier molecular flexibility index (Phi) is 5.42. The van der Waals surface area contributed by atoms with Crippen molar-refractivity contribution in [1.82, 2.24) is 9.80 Å². The second-order valence-electron chi connectivity index (χ2n) is 3.92. The maximum Gasteiger partial charge on any atom is 0.235 e. The molecule has 0 spiro atoms. The fourth-order valence-corrected chi connectivity index (χ4v) is 1.98. The Labute approximate surface area is 96.6 Å². The second kappa shape index (κ2) is 6.35. The highest BCUT2D eigenvalue weighted by Gasteiger charge is 2.20. The number of β-amino-alcohol motifs (C(OH)–C–C–N with tert-alkyl or cyclic N) is 1. The van der Waals surface area contributed by atoms with Crippen molar-refractivity contribution >= 4 is 18.5 Å². The topological polar surface area (TPSA) is 43.8 Å². The van der Waals surface area contributed by atoms with Crippen LogP contribution in [0, 0.1) is 0 Å². The minimum absolute atomic E-state index is 0.115. The average Bonchev–Trinajstić information content (AvgIpc) is 2.43. The molecule has 88 valence electrons. The van der Waals surface area contributed by atoms with E-state index in [1.54, 1.807) is 0 Å². The van der Waals surface area contributed by atoms with E-state index in [9.17, 15) is 4.79 Å². The first-order valence-corrected chi connectivity index (χ1v) is 5.97. The van der Waals surface area contributed by atoms with E-state index in [-0.39, 0.29) is 17.8 Å². The number of nitrogens with zero attached hydrogens (tertiary/aromatic N) is 2. The molecule has 1 rings (SSSR count). The lowest BCUT2D eigenvalue weighted by Gasteiger charge is -2.22. The van der Waals surface area contributed by atoms with Crippen LogP contribution >= 0.6 is 12.6 Å². The quantitative estimate of drug-likeness (QED) is 0.664. The van der Waals surface area contributed by atoms with E-state index in [0.29, 0.717) is 6.54 Å². The van der Waals surface area contributed by atoms with Crippen molar-refractivity contribution in [3.63, 3.8) is 0 Å². The summed E-state index contributed by atoms with van der Waals surface area (Å²) in [5.74, 6) is 0.115. The highest BCUT2D eigenvalue weighted by molar-refractivity contribution is 7.81. The van der Waals surface area contributed by atoms with Crippen LogP contribution in [-0.2, 0) is 4.79 Å². The zero-order valence-electron chi connectivity index (χ0n) is 9.22. The van der Waals surface area contributed by atoms with E-state index in [1.165, 1.54) is 0 Å². The first-order valence-electron chi connectivity index (χ1n) is 5.45. The molecule has 5 heteroatoms. The van der Waals surface area contributed by atoms with E-state index in [2.05, 4.69) is 17.5 Å². The molecule has 1 aliphatic heterocycles. The summed E-state index contributed by atoms with van der Waals surface area (Å²) in [6, 6.07) is 0. The third kappa shape index (κ3) is 4.01. The summed E-state index contributed by atoms with van der Waals surface area (Å²) in [4.78, 5) is 15.8. The van der Waals surface area contributed by atoms with E-state index in [0.717, 1.165) is 32.6 Å². The Balaban J connectivity index is 2.42. The fraction of sp³-hybridized carbons (Fsp3) is 0.900. The fourth-order valence-electron chi connectivity index (χ4n) is 1.82. The van der Waals surface area contributed by atoms with E-state index in [4.69, 9.17) is 5.11 Å². The number of aliphatic hydroxyl groups excluding tert-OH is 1. The number of hydrogen-bond acceptors (Lipinski definition) is 4. The molecule has 1 heterocycles. The molecule has 0 aromatic carbocycles. The molecule has 1 N–H and O–H groups in total. The van der Waals surface area contributed by atoms with Gasteiger partial charge in [-0.2, -0.15) is 12.6 Å². The molecule has 0 radical (unpaired) electrons. The molecule has 1 atom stereocenters. The number of amides is 1. The van der Waals surface area contributed by atoms with Crippen molar-refractivity contribution in [2.45, 2.75) is 18.6 Å². The van der Waals surface area contributed by atoms with Crippen molar-refractivity contribution in [3.8, 4) is 0 Å². The van der Waals surface area contributed by atoms with Crippen LogP contribution in [0.4, 0.5) is 0 Å². The molecule has 1 aliphatic rings. The van der Waals surface area contributed by atoms with E-state index < -0.39 is 0 Å². The molecule has 4 nitrogen and oxygen atoms in total. The Bertz CT molecular complexity index is 212. The predicted molar refractivity (Wildman–Crippen MR) is 63.2 cm³/mol. The molecule has 1 unspecified atom stereocenters. The van der Waals surface area contributed by atoms with Gasteiger partial charge in [0.15, 0.2) is 0 Å². The molecule has 0 aliphatic carbocycles. The van der Waals surface area contributed by atoms with Crippen LogP contribution in [0.1, 0.15) is 13.3 Å². The van der Waals surface area contributed by atoms with Gasteiger partial charge < -0.3 is 10.0 Å². The molecule has 0 aromatic rings. The van der Waals surface area contributed by atoms with Crippen LogP contribution in [0.3, 0.4) is 0 Å². The number of aliphatic hydroxyl groups is 1. The lowest BCUT2D eigenvalue weighted by Crippen LogP contribution is -2.39. The van der Waals surface area contributed by atoms with Crippen LogP contribution in [0.25, 0.3) is 0 Å². The van der Waals surface area contributed by atoms with Crippen LogP contribution in [0.5, 0.6) is 0 Å². The molecule has 1 fully saturated rings. The maximum absolute atomic E-state index is 11.7. The molecular weight excluding hydrogens is 212 g/mol. The minimum atomic E-state index is -0.214. The average molecular weight is 232 g/mol. The van der Waals surface area contributed by atoms with Gasteiger partial charge in [-0.1, -0.05) is 0 Å². The van der Waals surface area contributed by atoms with Gasteiger partial charge in [-0.25, -0.2) is 0 Å². The van der Waals surface area contributed by atoms with Gasteiger partial charge in [0, 0.05) is 26.2 Å². The summed E-state index contributed by atoms with van der Waals surface area (Å²) in [7, 11) is 0. The largest absolute Gasteiger partial charge is 0.395 e. The van der Waals surface area contributed by atoms with Gasteiger partial charge >= 0.3 is 0 Å². The van der Waals surface area contributed by atoms with Gasteiger partial charge in [-0.15, -0.1) is 0 Å². The zero-order chi connectivity index (χ0) is 11.3. The van der Waals surface area contributed by atoms with Gasteiger partial charge in [0.1, 0.15) is 0 Å². The number of carbonyl (C=O) groups excluding carboxylic acids is 1. The SMILES string of the molecule is CC(S)C(=O)N1CCCN(CCO)CC1. The van der Waals surface area contributed by atoms with Crippen molar-refractivity contribution in [2.75, 3.05) is 39.3 Å². The molecule has 1 saturated heterocycles. The Hall–Kier alpha value is -0.260. The van der Waals surface area contributed by atoms with Gasteiger partial charge in [0.2, 0.25) is 5.91 Å². The zero-order valence-corrected chi connectivity index (χ0v) is 10.1. The molecule has 0 aromatic heterocycles. The minimum Gasteiger partial charge on any atom is -0.395 e. The molecule has 0 bridgehead atoms. The third-order valence-electron chi connectivity index (χ3n) is 2.67. The smallest absolute Gasteiger partial charge is 0.235 e. The predicted octanol–water partition coefficient (Wildman–Crippen LogP) is -0.169.